The third-order valence-corrected chi connectivity index (χ3v) is 5.61. The largest absolute Gasteiger partial charge is 0.497 e. The summed E-state index contributed by atoms with van der Waals surface area (Å²) in [4.78, 5) is 2.15. The molecular formula is C28H39N3O5. The second kappa shape index (κ2) is 14.0. The molecular weight excluding hydrogens is 458 g/mol. The van der Waals surface area contributed by atoms with Crippen LogP contribution in [0.4, 0.5) is 0 Å². The van der Waals surface area contributed by atoms with Crippen molar-refractivity contribution in [1.29, 1.82) is 0 Å². The highest BCUT2D eigenvalue weighted by atomic mass is 16.5. The molecule has 0 bridgehead atoms. The van der Waals surface area contributed by atoms with Gasteiger partial charge in [0.05, 0.1) is 32.0 Å². The van der Waals surface area contributed by atoms with E-state index < -0.39 is 6.10 Å². The van der Waals surface area contributed by atoms with Crippen LogP contribution in [-0.4, -0.2) is 73.0 Å². The maximum Gasteiger partial charge on any atom is 0.222 e. The molecule has 1 atom stereocenters. The molecule has 0 saturated heterocycles. The summed E-state index contributed by atoms with van der Waals surface area (Å²) in [5.41, 5.74) is 2.76. The van der Waals surface area contributed by atoms with Gasteiger partial charge in [-0.1, -0.05) is 50.2 Å². The number of methoxy groups -OCH3 is 2. The molecule has 8 nitrogen and oxygen atoms in total. The van der Waals surface area contributed by atoms with E-state index in [1.165, 1.54) is 0 Å². The molecule has 0 aliphatic heterocycles. The van der Waals surface area contributed by atoms with Crippen LogP contribution in [0.3, 0.4) is 0 Å². The summed E-state index contributed by atoms with van der Waals surface area (Å²) >= 11 is 0. The number of hydrogen-bond donors (Lipinski definition) is 1. The summed E-state index contributed by atoms with van der Waals surface area (Å²) in [6.45, 7) is 7.21. The van der Waals surface area contributed by atoms with E-state index in [-0.39, 0.29) is 6.61 Å². The third-order valence-electron chi connectivity index (χ3n) is 5.61. The predicted octanol–water partition coefficient (Wildman–Crippen LogP) is 4.37. The fourth-order valence-corrected chi connectivity index (χ4v) is 3.90. The Balaban J connectivity index is 1.91. The van der Waals surface area contributed by atoms with Crippen molar-refractivity contribution in [3.63, 3.8) is 0 Å². The van der Waals surface area contributed by atoms with Crippen LogP contribution in [0.15, 0.2) is 54.6 Å². The maximum atomic E-state index is 10.7. The van der Waals surface area contributed by atoms with Crippen LogP contribution in [0.2, 0.25) is 0 Å². The van der Waals surface area contributed by atoms with Gasteiger partial charge in [-0.2, -0.15) is 5.10 Å². The quantitative estimate of drug-likeness (QED) is 0.334. The summed E-state index contributed by atoms with van der Waals surface area (Å²) in [6, 6.07) is 17.5. The van der Waals surface area contributed by atoms with Gasteiger partial charge in [0.1, 0.15) is 17.2 Å². The molecule has 3 aromatic rings. The van der Waals surface area contributed by atoms with Crippen molar-refractivity contribution in [3.05, 3.63) is 60.2 Å². The minimum atomic E-state index is -0.625. The molecule has 36 heavy (non-hydrogen) atoms. The van der Waals surface area contributed by atoms with Crippen LogP contribution in [0, 0.1) is 5.92 Å². The van der Waals surface area contributed by atoms with Crippen LogP contribution in [0.1, 0.15) is 19.4 Å². The van der Waals surface area contributed by atoms with Crippen molar-refractivity contribution in [3.8, 4) is 28.6 Å². The Labute approximate surface area is 214 Å². The minimum Gasteiger partial charge on any atom is -0.497 e. The predicted molar refractivity (Wildman–Crippen MR) is 141 cm³/mol. The molecule has 3 rings (SSSR count). The molecule has 2 aromatic carbocycles. The van der Waals surface area contributed by atoms with Crippen molar-refractivity contribution >= 4 is 0 Å². The summed E-state index contributed by atoms with van der Waals surface area (Å²) in [6.07, 6.45) is -0.625. The maximum absolute atomic E-state index is 10.7. The first-order chi connectivity index (χ1) is 17.4. The van der Waals surface area contributed by atoms with E-state index in [1.807, 2.05) is 61.6 Å². The highest BCUT2D eigenvalue weighted by molar-refractivity contribution is 5.65. The van der Waals surface area contributed by atoms with Gasteiger partial charge in [-0.3, -0.25) is 4.90 Å². The van der Waals surface area contributed by atoms with Gasteiger partial charge in [0.25, 0.3) is 0 Å². The Kier molecular flexibility index (Phi) is 10.8. The first-order valence-electron chi connectivity index (χ1n) is 12.3. The van der Waals surface area contributed by atoms with Gasteiger partial charge in [0, 0.05) is 52.0 Å². The number of rotatable bonds is 15. The normalized spacial score (nSPS) is 12.3. The van der Waals surface area contributed by atoms with E-state index in [9.17, 15) is 5.11 Å². The lowest BCUT2D eigenvalue weighted by molar-refractivity contribution is 0.00329. The van der Waals surface area contributed by atoms with Crippen LogP contribution >= 0.6 is 0 Å². The molecule has 0 radical (unpaired) electrons. The van der Waals surface area contributed by atoms with Crippen LogP contribution in [0.5, 0.6) is 17.4 Å². The standard InChI is InChI=1S/C28H39N3O5/c1-21(2)19-35-20-23(32)17-31(14-15-33-4)18-26-27(22-10-7-6-8-11-22)29-30(3)28(26)36-25-13-9-12-24(16-25)34-5/h6-13,16,21,23,32H,14-15,17-20H2,1-5H3/t23-/m1/s1. The van der Waals surface area contributed by atoms with Crippen molar-refractivity contribution in [2.75, 3.05) is 47.1 Å². The van der Waals surface area contributed by atoms with Gasteiger partial charge in [-0.15, -0.1) is 0 Å². The van der Waals surface area contributed by atoms with Crippen molar-refractivity contribution in [2.24, 2.45) is 13.0 Å². The van der Waals surface area contributed by atoms with E-state index in [4.69, 9.17) is 24.0 Å². The summed E-state index contributed by atoms with van der Waals surface area (Å²) in [5.74, 6) is 2.42. The third kappa shape index (κ3) is 8.06. The Hall–Kier alpha value is -2.91. The number of aliphatic hydroxyl groups excluding tert-OH is 1. The molecule has 0 aliphatic carbocycles. The number of aliphatic hydroxyl groups is 1. The average molecular weight is 498 g/mol. The lowest BCUT2D eigenvalue weighted by Gasteiger charge is -2.25. The second-order valence-electron chi connectivity index (χ2n) is 9.22. The number of benzene rings is 2. The summed E-state index contributed by atoms with van der Waals surface area (Å²) < 4.78 is 24.5. The number of nitrogens with zero attached hydrogens (tertiary/aromatic N) is 3. The first kappa shape index (κ1) is 27.7. The smallest absolute Gasteiger partial charge is 0.222 e. The van der Waals surface area contributed by atoms with Crippen molar-refractivity contribution < 1.29 is 24.1 Å². The Morgan fingerprint density at radius 1 is 1.00 bits per heavy atom. The molecule has 0 amide bonds. The zero-order valence-corrected chi connectivity index (χ0v) is 22.0. The molecule has 1 N–H and O–H groups in total. The Bertz CT molecular complexity index is 1050. The molecule has 1 heterocycles. The lowest BCUT2D eigenvalue weighted by atomic mass is 10.1. The van der Waals surface area contributed by atoms with E-state index >= 15 is 0 Å². The Morgan fingerprint density at radius 3 is 2.44 bits per heavy atom. The number of aryl methyl sites for hydroxylation is 1. The minimum absolute atomic E-state index is 0.285. The van der Waals surface area contributed by atoms with E-state index in [0.29, 0.717) is 56.1 Å². The zero-order chi connectivity index (χ0) is 25.9. The van der Waals surface area contributed by atoms with Crippen LogP contribution in [0.25, 0.3) is 11.3 Å². The molecule has 196 valence electrons. The zero-order valence-electron chi connectivity index (χ0n) is 22.0. The molecule has 1 aromatic heterocycles. The van der Waals surface area contributed by atoms with Gasteiger partial charge in [0.15, 0.2) is 0 Å². The van der Waals surface area contributed by atoms with Crippen LogP contribution in [-0.2, 0) is 23.1 Å². The van der Waals surface area contributed by atoms with Gasteiger partial charge in [-0.25, -0.2) is 4.68 Å². The molecule has 0 spiro atoms. The highest BCUT2D eigenvalue weighted by Crippen LogP contribution is 2.35. The Morgan fingerprint density at radius 2 is 1.75 bits per heavy atom. The van der Waals surface area contributed by atoms with Crippen molar-refractivity contribution in [1.82, 2.24) is 14.7 Å². The molecule has 0 aliphatic rings. The number of hydrogen-bond acceptors (Lipinski definition) is 7. The topological polar surface area (TPSA) is 78.2 Å². The van der Waals surface area contributed by atoms with Crippen molar-refractivity contribution in [2.45, 2.75) is 26.5 Å². The second-order valence-corrected chi connectivity index (χ2v) is 9.22. The SMILES string of the molecule is COCCN(Cc1c(-c2ccccc2)nn(C)c1Oc1cccc(OC)c1)C[C@@H](O)COCC(C)C. The average Bonchev–Trinajstić information content (AvgIpc) is 3.17. The van der Waals surface area contributed by atoms with Crippen LogP contribution < -0.4 is 9.47 Å². The van der Waals surface area contributed by atoms with Gasteiger partial charge < -0.3 is 24.1 Å². The van der Waals surface area contributed by atoms with E-state index in [2.05, 4.69) is 18.7 Å². The van der Waals surface area contributed by atoms with Gasteiger partial charge in [-0.05, 0) is 18.1 Å². The first-order valence-corrected chi connectivity index (χ1v) is 12.3. The van der Waals surface area contributed by atoms with E-state index in [1.54, 1.807) is 18.9 Å². The molecule has 0 unspecified atom stereocenters. The van der Waals surface area contributed by atoms with E-state index in [0.717, 1.165) is 16.8 Å². The fourth-order valence-electron chi connectivity index (χ4n) is 3.90. The number of ether oxygens (including phenoxy) is 4. The highest BCUT2D eigenvalue weighted by Gasteiger charge is 2.23. The summed E-state index contributed by atoms with van der Waals surface area (Å²) in [5, 5.41) is 15.5. The fraction of sp³-hybridized carbons (Fsp3) is 0.464. The van der Waals surface area contributed by atoms with Gasteiger partial charge >= 0.3 is 0 Å². The van der Waals surface area contributed by atoms with Gasteiger partial charge in [0.2, 0.25) is 5.88 Å². The molecule has 0 fully saturated rings. The summed E-state index contributed by atoms with van der Waals surface area (Å²) in [7, 11) is 5.18. The number of aromatic nitrogens is 2. The molecule has 8 heteroatoms. The monoisotopic (exact) mass is 497 g/mol. The lowest BCUT2D eigenvalue weighted by Crippen LogP contribution is -2.37. The molecule has 0 saturated carbocycles.